The number of carbonyl (C=O) groups excluding carboxylic acids is 2. The third-order valence-corrected chi connectivity index (χ3v) is 5.33. The Morgan fingerprint density at radius 3 is 2.16 bits per heavy atom. The predicted octanol–water partition coefficient (Wildman–Crippen LogP) is 5.02. The van der Waals surface area contributed by atoms with Crippen LogP contribution in [0.25, 0.3) is 21.9 Å². The highest BCUT2D eigenvalue weighted by atomic mass is 16.5. The highest BCUT2D eigenvalue weighted by Gasteiger charge is 2.23. The summed E-state index contributed by atoms with van der Waals surface area (Å²) in [4.78, 5) is 25.4. The predicted molar refractivity (Wildman–Crippen MR) is 123 cm³/mol. The standard InChI is InChI=1S/C27H23NO3/c1-31-27(30)25(18-19-14-16-21(17-15-19)20-8-3-2-4-9-20)28-26(29)24-13-7-11-22-10-5-6-12-23(22)24/h2-17,25H,18H2,1H3,(H,28,29)/t25-/m0/s1. The first-order valence-corrected chi connectivity index (χ1v) is 10.2. The minimum atomic E-state index is -0.779. The molecule has 1 amide bonds. The highest BCUT2D eigenvalue weighted by Crippen LogP contribution is 2.21. The molecule has 0 aliphatic heterocycles. The van der Waals surface area contributed by atoms with Crippen molar-refractivity contribution in [3.05, 3.63) is 108 Å². The number of ether oxygens (including phenoxy) is 1. The molecule has 4 rings (SSSR count). The fourth-order valence-electron chi connectivity index (χ4n) is 3.69. The van der Waals surface area contributed by atoms with E-state index in [9.17, 15) is 9.59 Å². The van der Waals surface area contributed by atoms with Gasteiger partial charge >= 0.3 is 5.97 Å². The van der Waals surface area contributed by atoms with Gasteiger partial charge in [0.05, 0.1) is 7.11 Å². The zero-order chi connectivity index (χ0) is 21.6. The number of benzene rings is 4. The van der Waals surface area contributed by atoms with Crippen LogP contribution in [-0.2, 0) is 16.0 Å². The molecule has 0 heterocycles. The van der Waals surface area contributed by atoms with E-state index in [1.165, 1.54) is 7.11 Å². The summed E-state index contributed by atoms with van der Waals surface area (Å²) in [7, 11) is 1.33. The average molecular weight is 409 g/mol. The lowest BCUT2D eigenvalue weighted by atomic mass is 10.00. The van der Waals surface area contributed by atoms with Crippen molar-refractivity contribution in [3.63, 3.8) is 0 Å². The number of esters is 1. The molecule has 4 aromatic carbocycles. The summed E-state index contributed by atoms with van der Waals surface area (Å²) in [5, 5.41) is 4.68. The lowest BCUT2D eigenvalue weighted by Crippen LogP contribution is -2.43. The van der Waals surface area contributed by atoms with Gasteiger partial charge in [-0.05, 0) is 33.5 Å². The van der Waals surface area contributed by atoms with Crippen molar-refractivity contribution in [2.24, 2.45) is 0 Å². The molecule has 0 spiro atoms. The Morgan fingerprint density at radius 2 is 1.42 bits per heavy atom. The van der Waals surface area contributed by atoms with Gasteiger partial charge in [0.15, 0.2) is 0 Å². The van der Waals surface area contributed by atoms with Crippen LogP contribution in [0.5, 0.6) is 0 Å². The van der Waals surface area contributed by atoms with Crippen LogP contribution < -0.4 is 5.32 Å². The maximum absolute atomic E-state index is 13.0. The Bertz CT molecular complexity index is 1190. The molecule has 0 saturated carbocycles. The van der Waals surface area contributed by atoms with Crippen LogP contribution in [0.3, 0.4) is 0 Å². The fraction of sp³-hybridized carbons (Fsp3) is 0.111. The van der Waals surface area contributed by atoms with E-state index in [1.807, 2.05) is 78.9 Å². The lowest BCUT2D eigenvalue weighted by Gasteiger charge is -2.17. The molecule has 0 unspecified atom stereocenters. The minimum absolute atomic E-state index is 0.298. The van der Waals surface area contributed by atoms with Gasteiger partial charge in [-0.15, -0.1) is 0 Å². The van der Waals surface area contributed by atoms with Gasteiger partial charge in [-0.3, -0.25) is 4.79 Å². The molecule has 0 saturated heterocycles. The summed E-state index contributed by atoms with van der Waals surface area (Å²) in [5.74, 6) is -0.770. The molecule has 1 N–H and O–H groups in total. The zero-order valence-electron chi connectivity index (χ0n) is 17.2. The Morgan fingerprint density at radius 1 is 0.774 bits per heavy atom. The van der Waals surface area contributed by atoms with Crippen molar-refractivity contribution in [1.29, 1.82) is 0 Å². The molecule has 154 valence electrons. The van der Waals surface area contributed by atoms with Gasteiger partial charge in [-0.2, -0.15) is 0 Å². The molecule has 0 bridgehead atoms. The Hall–Kier alpha value is -3.92. The molecule has 0 fully saturated rings. The first kappa shape index (κ1) is 20.4. The third kappa shape index (κ3) is 4.64. The van der Waals surface area contributed by atoms with Crippen molar-refractivity contribution in [2.45, 2.75) is 12.5 Å². The molecule has 4 nitrogen and oxygen atoms in total. The minimum Gasteiger partial charge on any atom is -0.467 e. The monoisotopic (exact) mass is 409 g/mol. The van der Waals surface area contributed by atoms with Crippen molar-refractivity contribution < 1.29 is 14.3 Å². The Kier molecular flexibility index (Phi) is 6.08. The van der Waals surface area contributed by atoms with Gasteiger partial charge in [0, 0.05) is 12.0 Å². The van der Waals surface area contributed by atoms with Crippen LogP contribution in [0, 0.1) is 0 Å². The van der Waals surface area contributed by atoms with E-state index < -0.39 is 12.0 Å². The third-order valence-electron chi connectivity index (χ3n) is 5.33. The first-order valence-electron chi connectivity index (χ1n) is 10.2. The van der Waals surface area contributed by atoms with Gasteiger partial charge in [-0.1, -0.05) is 91.0 Å². The summed E-state index contributed by atoms with van der Waals surface area (Å²) < 4.78 is 4.95. The number of amides is 1. The second kappa shape index (κ2) is 9.26. The molecular formula is C27H23NO3. The maximum atomic E-state index is 13.0. The Balaban J connectivity index is 1.54. The second-order valence-corrected chi connectivity index (χ2v) is 7.34. The highest BCUT2D eigenvalue weighted by molar-refractivity contribution is 6.08. The SMILES string of the molecule is COC(=O)[C@H](Cc1ccc(-c2ccccc2)cc1)NC(=O)c1cccc2ccccc12. The van der Waals surface area contributed by atoms with Crippen LogP contribution in [0.4, 0.5) is 0 Å². The summed E-state index contributed by atoms with van der Waals surface area (Å²) in [6, 6.07) is 30.5. The smallest absolute Gasteiger partial charge is 0.328 e. The number of carbonyl (C=O) groups is 2. The number of hydrogen-bond donors (Lipinski definition) is 1. The summed E-state index contributed by atoms with van der Waals surface area (Å²) in [6.45, 7) is 0. The molecule has 0 radical (unpaired) electrons. The first-order chi connectivity index (χ1) is 15.2. The van der Waals surface area contributed by atoms with Crippen LogP contribution in [0.1, 0.15) is 15.9 Å². The van der Waals surface area contributed by atoms with Crippen LogP contribution in [0.2, 0.25) is 0 Å². The maximum Gasteiger partial charge on any atom is 0.328 e. The summed E-state index contributed by atoms with van der Waals surface area (Å²) in [6.07, 6.45) is 0.345. The van der Waals surface area contributed by atoms with Crippen LogP contribution >= 0.6 is 0 Å². The molecule has 4 aromatic rings. The van der Waals surface area contributed by atoms with E-state index in [-0.39, 0.29) is 5.91 Å². The van der Waals surface area contributed by atoms with E-state index in [4.69, 9.17) is 4.74 Å². The van der Waals surface area contributed by atoms with Crippen molar-refractivity contribution in [2.75, 3.05) is 7.11 Å². The lowest BCUT2D eigenvalue weighted by molar-refractivity contribution is -0.142. The fourth-order valence-corrected chi connectivity index (χ4v) is 3.69. The van der Waals surface area contributed by atoms with Gasteiger partial charge < -0.3 is 10.1 Å². The van der Waals surface area contributed by atoms with Gasteiger partial charge in [0.1, 0.15) is 6.04 Å². The van der Waals surface area contributed by atoms with E-state index in [0.29, 0.717) is 12.0 Å². The molecule has 4 heteroatoms. The quantitative estimate of drug-likeness (QED) is 0.455. The van der Waals surface area contributed by atoms with E-state index in [1.54, 1.807) is 6.07 Å². The van der Waals surface area contributed by atoms with Gasteiger partial charge in [-0.25, -0.2) is 4.79 Å². The molecule has 0 aliphatic carbocycles. The number of methoxy groups -OCH3 is 1. The molecule has 0 aromatic heterocycles. The van der Waals surface area contributed by atoms with Crippen molar-refractivity contribution in [3.8, 4) is 11.1 Å². The number of hydrogen-bond acceptors (Lipinski definition) is 3. The van der Waals surface area contributed by atoms with Gasteiger partial charge in [0.2, 0.25) is 0 Å². The van der Waals surface area contributed by atoms with Crippen LogP contribution in [0.15, 0.2) is 97.1 Å². The normalized spacial score (nSPS) is 11.6. The zero-order valence-corrected chi connectivity index (χ0v) is 17.2. The summed E-state index contributed by atoms with van der Waals surface area (Å²) >= 11 is 0. The molecule has 0 aliphatic rings. The molecular weight excluding hydrogens is 386 g/mol. The van der Waals surface area contributed by atoms with E-state index >= 15 is 0 Å². The topological polar surface area (TPSA) is 55.4 Å². The second-order valence-electron chi connectivity index (χ2n) is 7.34. The largest absolute Gasteiger partial charge is 0.467 e. The van der Waals surface area contributed by atoms with E-state index in [2.05, 4.69) is 17.4 Å². The molecule has 1 atom stereocenters. The number of nitrogens with one attached hydrogen (secondary N) is 1. The van der Waals surface area contributed by atoms with Crippen molar-refractivity contribution in [1.82, 2.24) is 5.32 Å². The summed E-state index contributed by atoms with van der Waals surface area (Å²) in [5.41, 5.74) is 3.70. The molecule has 31 heavy (non-hydrogen) atoms. The average Bonchev–Trinajstić information content (AvgIpc) is 2.83. The van der Waals surface area contributed by atoms with E-state index in [0.717, 1.165) is 27.5 Å². The van der Waals surface area contributed by atoms with Crippen LogP contribution in [-0.4, -0.2) is 25.0 Å². The van der Waals surface area contributed by atoms with Gasteiger partial charge in [0.25, 0.3) is 5.91 Å². The van der Waals surface area contributed by atoms with Crippen molar-refractivity contribution >= 4 is 22.6 Å². The number of rotatable bonds is 6. The Labute approximate surface area is 181 Å². The number of fused-ring (bicyclic) bond motifs is 1.